The number of carbonyl (C=O) groups is 2. The van der Waals surface area contributed by atoms with Crippen LogP contribution in [0.15, 0.2) is 24.3 Å². The number of anilines is 1. The molecule has 0 unspecified atom stereocenters. The van der Waals surface area contributed by atoms with Gasteiger partial charge in [0.2, 0.25) is 11.8 Å². The second-order valence-corrected chi connectivity index (χ2v) is 6.91. The van der Waals surface area contributed by atoms with E-state index in [1.807, 2.05) is 24.3 Å². The number of hydrogen-bond acceptors (Lipinski definition) is 3. The Morgan fingerprint density at radius 2 is 1.58 bits per heavy atom. The van der Waals surface area contributed by atoms with Gasteiger partial charge in [0.1, 0.15) is 5.75 Å². The van der Waals surface area contributed by atoms with Gasteiger partial charge in [-0.05, 0) is 55.9 Å². The molecule has 0 aliphatic heterocycles. The molecule has 2 rings (SSSR count). The van der Waals surface area contributed by atoms with Gasteiger partial charge < -0.3 is 15.4 Å². The molecule has 0 saturated heterocycles. The number of benzene rings is 1. The molecule has 1 fully saturated rings. The van der Waals surface area contributed by atoms with E-state index in [1.165, 1.54) is 0 Å². The van der Waals surface area contributed by atoms with Crippen LogP contribution in [0.1, 0.15) is 39.5 Å². The van der Waals surface area contributed by atoms with Crippen LogP contribution in [-0.2, 0) is 9.59 Å². The quantitative estimate of drug-likeness (QED) is 0.840. The molecular formula is C19H28N2O3. The molecule has 1 aliphatic carbocycles. The summed E-state index contributed by atoms with van der Waals surface area (Å²) >= 11 is 0. The summed E-state index contributed by atoms with van der Waals surface area (Å²) in [6.07, 6.45) is 3.10. The highest BCUT2D eigenvalue weighted by Crippen LogP contribution is 2.30. The van der Waals surface area contributed by atoms with E-state index < -0.39 is 0 Å². The lowest BCUT2D eigenvalue weighted by molar-refractivity contribution is -0.128. The van der Waals surface area contributed by atoms with Crippen LogP contribution in [0.25, 0.3) is 0 Å². The Balaban J connectivity index is 1.78. The number of rotatable bonds is 6. The number of nitrogens with one attached hydrogen (secondary N) is 2. The Morgan fingerprint density at radius 3 is 2.08 bits per heavy atom. The van der Waals surface area contributed by atoms with Crippen LogP contribution < -0.4 is 15.4 Å². The maximum Gasteiger partial charge on any atom is 0.227 e. The SMILES string of the molecule is COc1ccc(NC(=O)C2CCC(C(=O)NCC(C)C)CC2)cc1. The second-order valence-electron chi connectivity index (χ2n) is 6.91. The number of amides is 2. The first-order valence-electron chi connectivity index (χ1n) is 8.72. The summed E-state index contributed by atoms with van der Waals surface area (Å²) in [5, 5.41) is 5.95. The van der Waals surface area contributed by atoms with Crippen molar-refractivity contribution in [2.24, 2.45) is 17.8 Å². The molecule has 1 saturated carbocycles. The average Bonchev–Trinajstić information content (AvgIpc) is 2.60. The first kappa shape index (κ1) is 18.3. The third-order valence-electron chi connectivity index (χ3n) is 4.51. The van der Waals surface area contributed by atoms with Crippen LogP contribution in [0.4, 0.5) is 5.69 Å². The van der Waals surface area contributed by atoms with Crippen molar-refractivity contribution >= 4 is 17.5 Å². The van der Waals surface area contributed by atoms with Gasteiger partial charge in [0.15, 0.2) is 0 Å². The van der Waals surface area contributed by atoms with E-state index in [4.69, 9.17) is 4.74 Å². The van der Waals surface area contributed by atoms with Crippen molar-refractivity contribution in [1.82, 2.24) is 5.32 Å². The van der Waals surface area contributed by atoms with Crippen molar-refractivity contribution in [3.05, 3.63) is 24.3 Å². The summed E-state index contributed by atoms with van der Waals surface area (Å²) in [7, 11) is 1.61. The first-order valence-corrected chi connectivity index (χ1v) is 8.72. The molecule has 0 bridgehead atoms. The molecule has 0 heterocycles. The van der Waals surface area contributed by atoms with Crippen LogP contribution in [0.5, 0.6) is 5.75 Å². The maximum absolute atomic E-state index is 12.4. The molecular weight excluding hydrogens is 304 g/mol. The Bertz CT molecular complexity index is 546. The van der Waals surface area contributed by atoms with Gasteiger partial charge in [-0.2, -0.15) is 0 Å². The minimum atomic E-state index is -0.0127. The second kappa shape index (κ2) is 8.71. The number of ether oxygens (including phenoxy) is 1. The lowest BCUT2D eigenvalue weighted by atomic mass is 9.81. The molecule has 5 heteroatoms. The Hall–Kier alpha value is -2.04. The zero-order chi connectivity index (χ0) is 17.5. The third-order valence-corrected chi connectivity index (χ3v) is 4.51. The minimum absolute atomic E-state index is 0.0127. The predicted octanol–water partition coefficient (Wildman–Crippen LogP) is 3.21. The predicted molar refractivity (Wildman–Crippen MR) is 94.9 cm³/mol. The van der Waals surface area contributed by atoms with Gasteiger partial charge in [0.25, 0.3) is 0 Å². The topological polar surface area (TPSA) is 67.4 Å². The van der Waals surface area contributed by atoms with Crippen molar-refractivity contribution in [3.8, 4) is 5.75 Å². The zero-order valence-electron chi connectivity index (χ0n) is 14.8. The molecule has 0 radical (unpaired) electrons. The van der Waals surface area contributed by atoms with Crippen molar-refractivity contribution in [2.45, 2.75) is 39.5 Å². The highest BCUT2D eigenvalue weighted by molar-refractivity contribution is 5.92. The van der Waals surface area contributed by atoms with Crippen LogP contribution in [0.2, 0.25) is 0 Å². The largest absolute Gasteiger partial charge is 0.497 e. The normalized spacial score (nSPS) is 20.5. The Labute approximate surface area is 144 Å². The zero-order valence-corrected chi connectivity index (χ0v) is 14.8. The summed E-state index contributed by atoms with van der Waals surface area (Å²) in [5.74, 6) is 1.44. The standard InChI is InChI=1S/C19H28N2O3/c1-13(2)12-20-18(22)14-4-6-15(7-5-14)19(23)21-16-8-10-17(24-3)11-9-16/h8-11,13-15H,4-7,12H2,1-3H3,(H,20,22)(H,21,23). The van der Waals surface area contributed by atoms with E-state index in [1.54, 1.807) is 7.11 Å². The van der Waals surface area contributed by atoms with Gasteiger partial charge in [-0.15, -0.1) is 0 Å². The first-order chi connectivity index (χ1) is 11.5. The van der Waals surface area contributed by atoms with Gasteiger partial charge in [0.05, 0.1) is 7.11 Å². The summed E-state index contributed by atoms with van der Waals surface area (Å²) < 4.78 is 5.11. The summed E-state index contributed by atoms with van der Waals surface area (Å²) in [4.78, 5) is 24.5. The molecule has 2 amide bonds. The molecule has 0 atom stereocenters. The van der Waals surface area contributed by atoms with E-state index in [0.717, 1.165) is 43.7 Å². The van der Waals surface area contributed by atoms with Crippen LogP contribution in [0, 0.1) is 17.8 Å². The third kappa shape index (κ3) is 5.25. The van der Waals surface area contributed by atoms with Gasteiger partial charge in [-0.25, -0.2) is 0 Å². The summed E-state index contributed by atoms with van der Waals surface area (Å²) in [6.45, 7) is 4.89. The molecule has 1 aromatic carbocycles. The fourth-order valence-electron chi connectivity index (χ4n) is 2.99. The fourth-order valence-corrected chi connectivity index (χ4v) is 2.99. The lowest BCUT2D eigenvalue weighted by Crippen LogP contribution is -2.36. The van der Waals surface area contributed by atoms with E-state index in [-0.39, 0.29) is 23.7 Å². The van der Waals surface area contributed by atoms with E-state index in [0.29, 0.717) is 5.92 Å². The summed E-state index contributed by atoms with van der Waals surface area (Å²) in [6, 6.07) is 7.32. The molecule has 1 aliphatic rings. The Morgan fingerprint density at radius 1 is 1.04 bits per heavy atom. The molecule has 0 spiro atoms. The fraction of sp³-hybridized carbons (Fsp3) is 0.579. The molecule has 24 heavy (non-hydrogen) atoms. The number of methoxy groups -OCH3 is 1. The molecule has 132 valence electrons. The molecule has 0 aromatic heterocycles. The van der Waals surface area contributed by atoms with Gasteiger partial charge >= 0.3 is 0 Å². The molecule has 1 aromatic rings. The highest BCUT2D eigenvalue weighted by Gasteiger charge is 2.29. The van der Waals surface area contributed by atoms with Crippen molar-refractivity contribution in [1.29, 1.82) is 0 Å². The van der Waals surface area contributed by atoms with E-state index in [2.05, 4.69) is 24.5 Å². The summed E-state index contributed by atoms with van der Waals surface area (Å²) in [5.41, 5.74) is 0.776. The number of carbonyl (C=O) groups excluding carboxylic acids is 2. The smallest absolute Gasteiger partial charge is 0.227 e. The van der Waals surface area contributed by atoms with Gasteiger partial charge in [-0.1, -0.05) is 13.8 Å². The van der Waals surface area contributed by atoms with Gasteiger partial charge in [0, 0.05) is 24.1 Å². The van der Waals surface area contributed by atoms with Crippen molar-refractivity contribution in [3.63, 3.8) is 0 Å². The van der Waals surface area contributed by atoms with Crippen molar-refractivity contribution in [2.75, 3.05) is 19.0 Å². The maximum atomic E-state index is 12.4. The van der Waals surface area contributed by atoms with Crippen LogP contribution in [0.3, 0.4) is 0 Å². The highest BCUT2D eigenvalue weighted by atomic mass is 16.5. The van der Waals surface area contributed by atoms with Crippen LogP contribution in [-0.4, -0.2) is 25.5 Å². The monoisotopic (exact) mass is 332 g/mol. The van der Waals surface area contributed by atoms with Gasteiger partial charge in [-0.3, -0.25) is 9.59 Å². The Kier molecular flexibility index (Phi) is 6.64. The average molecular weight is 332 g/mol. The number of hydrogen-bond donors (Lipinski definition) is 2. The van der Waals surface area contributed by atoms with Crippen LogP contribution >= 0.6 is 0 Å². The van der Waals surface area contributed by atoms with E-state index in [9.17, 15) is 9.59 Å². The molecule has 2 N–H and O–H groups in total. The molecule has 5 nitrogen and oxygen atoms in total. The van der Waals surface area contributed by atoms with E-state index >= 15 is 0 Å². The lowest BCUT2D eigenvalue weighted by Gasteiger charge is -2.27. The van der Waals surface area contributed by atoms with Crippen molar-refractivity contribution < 1.29 is 14.3 Å². The minimum Gasteiger partial charge on any atom is -0.497 e.